The fraction of sp³-hybridized carbons (Fsp3) is 0.0667. The second-order valence-corrected chi connectivity index (χ2v) is 4.02. The third kappa shape index (κ3) is 3.67. The van der Waals surface area contributed by atoms with E-state index in [-0.39, 0.29) is 0 Å². The molecule has 0 unspecified atom stereocenters. The van der Waals surface area contributed by atoms with Crippen molar-refractivity contribution in [2.24, 2.45) is 0 Å². The molecule has 0 atom stereocenters. The lowest BCUT2D eigenvalue weighted by Gasteiger charge is -2.04. The molecular weight excluding hydrogens is 240 g/mol. The van der Waals surface area contributed by atoms with E-state index in [1.54, 1.807) is 12.8 Å². The number of benzene rings is 2. The number of amides is 2. The van der Waals surface area contributed by atoms with E-state index in [1.807, 2.05) is 48.5 Å². The maximum absolute atomic E-state index is 10.2. The Labute approximate surface area is 111 Å². The van der Waals surface area contributed by atoms with Crippen molar-refractivity contribution in [1.29, 1.82) is 0 Å². The molecule has 0 aromatic heterocycles. The summed E-state index contributed by atoms with van der Waals surface area (Å²) in [6, 6.07) is 15.1. The van der Waals surface area contributed by atoms with Gasteiger partial charge in [-0.25, -0.2) is 0 Å². The standard InChI is InChI=1S/C15H12N2O2/c18-10-16-14-5-1-12(2-6-14)9-13-3-7-15(8-4-13)17-11-19/h1-8H,9H2,(H,16,18)(H,17,19). The summed E-state index contributed by atoms with van der Waals surface area (Å²) in [6.07, 6.45) is 4.05. The average molecular weight is 252 g/mol. The fourth-order valence-corrected chi connectivity index (χ4v) is 1.77. The second-order valence-electron chi connectivity index (χ2n) is 4.02. The minimum Gasteiger partial charge on any atom is -0.318 e. The molecule has 2 amide bonds. The molecule has 0 saturated heterocycles. The molecule has 2 aromatic rings. The molecule has 2 N–H and O–H groups in total. The first-order chi connectivity index (χ1) is 9.31. The molecule has 0 aliphatic carbocycles. The minimum absolute atomic E-state index is 0.722. The first-order valence-corrected chi connectivity index (χ1v) is 5.76. The van der Waals surface area contributed by atoms with Crippen molar-refractivity contribution in [3.63, 3.8) is 0 Å². The van der Waals surface area contributed by atoms with Crippen LogP contribution >= 0.6 is 0 Å². The van der Waals surface area contributed by atoms with Gasteiger partial charge in [0.05, 0.1) is 0 Å². The number of nitrogens with one attached hydrogen (secondary N) is 2. The van der Waals surface area contributed by atoms with Crippen LogP contribution in [0.25, 0.3) is 0 Å². The second kappa shape index (κ2) is 6.35. The van der Waals surface area contributed by atoms with E-state index in [2.05, 4.69) is 10.6 Å². The first-order valence-electron chi connectivity index (χ1n) is 5.76. The summed E-state index contributed by atoms with van der Waals surface area (Å²) in [5, 5.41) is 4.94. The highest BCUT2D eigenvalue weighted by atomic mass is 16.1. The van der Waals surface area contributed by atoms with Gasteiger partial charge in [0.1, 0.15) is 0 Å². The highest BCUT2D eigenvalue weighted by Crippen LogP contribution is 2.15. The Bertz CT molecular complexity index is 496. The van der Waals surface area contributed by atoms with Crippen molar-refractivity contribution in [2.75, 3.05) is 10.6 Å². The van der Waals surface area contributed by atoms with E-state index < -0.39 is 0 Å². The van der Waals surface area contributed by atoms with Crippen LogP contribution in [0.2, 0.25) is 0 Å². The van der Waals surface area contributed by atoms with Crippen LogP contribution in [-0.2, 0) is 16.0 Å². The number of anilines is 2. The van der Waals surface area contributed by atoms with Crippen LogP contribution in [0.1, 0.15) is 11.1 Å². The Balaban J connectivity index is 2.03. The average Bonchev–Trinajstić information content (AvgIpc) is 2.44. The summed E-state index contributed by atoms with van der Waals surface area (Å²) >= 11 is 0. The maximum atomic E-state index is 10.2. The summed E-state index contributed by atoms with van der Waals surface area (Å²) in [4.78, 5) is 20.3. The molecular formula is C15H12N2O2. The first kappa shape index (κ1) is 12.8. The number of hydrogen-bond acceptors (Lipinski definition) is 2. The Morgan fingerprint density at radius 1 is 0.684 bits per heavy atom. The molecule has 0 spiro atoms. The Morgan fingerprint density at radius 3 is 1.37 bits per heavy atom. The van der Waals surface area contributed by atoms with E-state index >= 15 is 0 Å². The van der Waals surface area contributed by atoms with Crippen molar-refractivity contribution in [3.8, 4) is 0 Å². The summed E-state index contributed by atoms with van der Waals surface area (Å²) in [6.45, 7) is 0. The molecule has 0 fully saturated rings. The summed E-state index contributed by atoms with van der Waals surface area (Å²) in [7, 11) is 0. The Hall–Kier alpha value is -2.62. The normalized spacial score (nSPS) is 9.68. The van der Waals surface area contributed by atoms with E-state index in [1.165, 1.54) is 0 Å². The number of hydrogen-bond donors (Lipinski definition) is 2. The number of carbonyl (C=O) groups excluding carboxylic acids is 2. The van der Waals surface area contributed by atoms with Crippen LogP contribution in [0.5, 0.6) is 0 Å². The zero-order chi connectivity index (χ0) is 13.5. The quantitative estimate of drug-likeness (QED) is 0.774. The zero-order valence-electron chi connectivity index (χ0n) is 10.1. The molecule has 94 valence electrons. The molecule has 4 heteroatoms. The van der Waals surface area contributed by atoms with Crippen LogP contribution in [0.4, 0.5) is 11.4 Å². The lowest BCUT2D eigenvalue weighted by molar-refractivity contribution is 0.560. The van der Waals surface area contributed by atoms with Gasteiger partial charge in [-0.1, -0.05) is 24.3 Å². The zero-order valence-corrected chi connectivity index (χ0v) is 10.1. The molecule has 19 heavy (non-hydrogen) atoms. The Morgan fingerprint density at radius 2 is 1.05 bits per heavy atom. The fourth-order valence-electron chi connectivity index (χ4n) is 1.77. The van der Waals surface area contributed by atoms with Gasteiger partial charge >= 0.3 is 12.8 Å². The molecule has 2 rings (SSSR count). The van der Waals surface area contributed by atoms with Gasteiger partial charge in [0, 0.05) is 11.4 Å². The highest BCUT2D eigenvalue weighted by molar-refractivity contribution is 5.72. The van der Waals surface area contributed by atoms with E-state index in [9.17, 15) is 9.59 Å². The van der Waals surface area contributed by atoms with Crippen molar-refractivity contribution < 1.29 is 9.59 Å². The topological polar surface area (TPSA) is 58.2 Å². The van der Waals surface area contributed by atoms with Gasteiger partial charge in [-0.2, -0.15) is 0 Å². The molecule has 2 radical (unpaired) electrons. The monoisotopic (exact) mass is 252 g/mol. The smallest absolute Gasteiger partial charge is 0.314 e. The molecule has 0 aliphatic heterocycles. The predicted octanol–water partition coefficient (Wildman–Crippen LogP) is 2.24. The van der Waals surface area contributed by atoms with Gasteiger partial charge in [-0.15, -0.1) is 0 Å². The van der Waals surface area contributed by atoms with Gasteiger partial charge in [-0.05, 0) is 41.8 Å². The molecule has 0 saturated carbocycles. The molecule has 0 aliphatic rings. The van der Waals surface area contributed by atoms with Gasteiger partial charge in [0.25, 0.3) is 0 Å². The van der Waals surface area contributed by atoms with Gasteiger partial charge in [-0.3, -0.25) is 9.59 Å². The van der Waals surface area contributed by atoms with E-state index in [4.69, 9.17) is 0 Å². The van der Waals surface area contributed by atoms with Crippen LogP contribution < -0.4 is 10.6 Å². The maximum Gasteiger partial charge on any atom is 0.314 e. The van der Waals surface area contributed by atoms with Gasteiger partial charge in [0.15, 0.2) is 0 Å². The lowest BCUT2D eigenvalue weighted by Crippen LogP contribution is -1.95. The third-order valence-corrected chi connectivity index (χ3v) is 2.71. The van der Waals surface area contributed by atoms with Gasteiger partial charge < -0.3 is 10.6 Å². The van der Waals surface area contributed by atoms with Crippen molar-refractivity contribution in [2.45, 2.75) is 6.42 Å². The minimum atomic E-state index is 0.722. The summed E-state index contributed by atoms with van der Waals surface area (Å²) in [5.41, 5.74) is 3.72. The number of rotatable bonds is 6. The molecule has 0 heterocycles. The molecule has 0 bridgehead atoms. The predicted molar refractivity (Wildman–Crippen MR) is 74.3 cm³/mol. The van der Waals surface area contributed by atoms with E-state index in [0.717, 1.165) is 28.9 Å². The van der Waals surface area contributed by atoms with Gasteiger partial charge in [0.2, 0.25) is 0 Å². The van der Waals surface area contributed by atoms with E-state index in [0.29, 0.717) is 0 Å². The lowest BCUT2D eigenvalue weighted by atomic mass is 10.0. The highest BCUT2D eigenvalue weighted by Gasteiger charge is 1.98. The van der Waals surface area contributed by atoms with Crippen molar-refractivity contribution >= 4 is 24.2 Å². The van der Waals surface area contributed by atoms with Crippen LogP contribution in [0, 0.1) is 0 Å². The van der Waals surface area contributed by atoms with Crippen LogP contribution in [0.3, 0.4) is 0 Å². The molecule has 4 nitrogen and oxygen atoms in total. The largest absolute Gasteiger partial charge is 0.318 e. The molecule has 2 aromatic carbocycles. The van der Waals surface area contributed by atoms with Crippen LogP contribution in [-0.4, -0.2) is 12.8 Å². The summed E-state index contributed by atoms with van der Waals surface area (Å²) in [5.74, 6) is 0. The Kier molecular flexibility index (Phi) is 4.29. The van der Waals surface area contributed by atoms with Crippen LogP contribution in [0.15, 0.2) is 48.5 Å². The van der Waals surface area contributed by atoms with Crippen molar-refractivity contribution in [3.05, 3.63) is 59.7 Å². The third-order valence-electron chi connectivity index (χ3n) is 2.71. The van der Waals surface area contributed by atoms with Crippen molar-refractivity contribution in [1.82, 2.24) is 0 Å². The SMILES string of the molecule is O=[C]Nc1ccc(Cc2ccc(N[C]=O)cc2)cc1. The summed E-state index contributed by atoms with van der Waals surface area (Å²) < 4.78 is 0.